The summed E-state index contributed by atoms with van der Waals surface area (Å²) in [4.78, 5) is 13.5. The molecule has 2 rings (SSSR count). The number of thiophene rings is 1. The van der Waals surface area contributed by atoms with E-state index in [1.807, 2.05) is 0 Å². The summed E-state index contributed by atoms with van der Waals surface area (Å²) in [6, 6.07) is 0. The van der Waals surface area contributed by atoms with Crippen molar-refractivity contribution in [2.24, 2.45) is 0 Å². The molecule has 0 fully saturated rings. The fourth-order valence-electron chi connectivity index (χ4n) is 1.93. The maximum absolute atomic E-state index is 4.44. The number of rotatable bonds is 3. The zero-order valence-corrected chi connectivity index (χ0v) is 11.1. The molecule has 0 spiro atoms. The van der Waals surface area contributed by atoms with Gasteiger partial charge in [0.05, 0.1) is 5.39 Å². The van der Waals surface area contributed by atoms with Crippen LogP contribution in [0.5, 0.6) is 0 Å². The van der Waals surface area contributed by atoms with Crippen molar-refractivity contribution < 1.29 is 0 Å². The van der Waals surface area contributed by atoms with Gasteiger partial charge in [-0.15, -0.1) is 11.3 Å². The van der Waals surface area contributed by atoms with E-state index in [2.05, 4.69) is 42.6 Å². The van der Waals surface area contributed by atoms with E-state index in [1.165, 1.54) is 15.8 Å². The molecule has 0 radical (unpaired) electrons. The number of hydrogen-bond donors (Lipinski definition) is 0. The third kappa shape index (κ3) is 1.67. The van der Waals surface area contributed by atoms with Crippen LogP contribution in [0.3, 0.4) is 0 Å². The monoisotopic (exact) mass is 235 g/mol. The van der Waals surface area contributed by atoms with Gasteiger partial charge in [-0.1, -0.05) is 0 Å². The lowest BCUT2D eigenvalue weighted by atomic mass is 10.2. The first-order valence-corrected chi connectivity index (χ1v) is 6.46. The molecule has 0 saturated heterocycles. The summed E-state index contributed by atoms with van der Waals surface area (Å²) in [6.45, 7) is 10.6. The average molecular weight is 235 g/mol. The number of aryl methyl sites for hydroxylation is 2. The highest BCUT2D eigenvalue weighted by molar-refractivity contribution is 7.18. The Morgan fingerprint density at radius 2 is 1.88 bits per heavy atom. The van der Waals surface area contributed by atoms with Crippen molar-refractivity contribution in [3.05, 3.63) is 16.8 Å². The Hall–Kier alpha value is -1.16. The van der Waals surface area contributed by atoms with Gasteiger partial charge in [0.15, 0.2) is 0 Å². The molecule has 2 aromatic rings. The van der Waals surface area contributed by atoms with Crippen LogP contribution in [0.4, 0.5) is 5.82 Å². The summed E-state index contributed by atoms with van der Waals surface area (Å²) in [7, 11) is 0. The SMILES string of the molecule is CCN(CC)c1ncnc2sc(C)c(C)c12. The van der Waals surface area contributed by atoms with Gasteiger partial charge in [0.2, 0.25) is 0 Å². The number of anilines is 1. The van der Waals surface area contributed by atoms with Crippen molar-refractivity contribution in [3.63, 3.8) is 0 Å². The van der Waals surface area contributed by atoms with Gasteiger partial charge in [0.1, 0.15) is 17.0 Å². The molecule has 0 aromatic carbocycles. The molecular weight excluding hydrogens is 218 g/mol. The normalized spacial score (nSPS) is 11.0. The van der Waals surface area contributed by atoms with E-state index in [0.717, 1.165) is 23.7 Å². The molecule has 86 valence electrons. The van der Waals surface area contributed by atoms with Crippen molar-refractivity contribution in [3.8, 4) is 0 Å². The molecule has 0 unspecified atom stereocenters. The highest BCUT2D eigenvalue weighted by atomic mass is 32.1. The van der Waals surface area contributed by atoms with Gasteiger partial charge in [-0.25, -0.2) is 9.97 Å². The summed E-state index contributed by atoms with van der Waals surface area (Å²) in [5.41, 5.74) is 1.32. The molecule has 2 heterocycles. The molecule has 0 aliphatic heterocycles. The van der Waals surface area contributed by atoms with Gasteiger partial charge in [0.25, 0.3) is 0 Å². The summed E-state index contributed by atoms with van der Waals surface area (Å²) < 4.78 is 0. The molecular formula is C12H17N3S. The zero-order valence-electron chi connectivity index (χ0n) is 10.2. The molecule has 0 aliphatic carbocycles. The quantitative estimate of drug-likeness (QED) is 0.818. The molecule has 0 N–H and O–H groups in total. The van der Waals surface area contributed by atoms with Crippen molar-refractivity contribution in [1.29, 1.82) is 0 Å². The average Bonchev–Trinajstić information content (AvgIpc) is 2.57. The third-order valence-electron chi connectivity index (χ3n) is 3.01. The maximum Gasteiger partial charge on any atom is 0.141 e. The molecule has 0 aliphatic rings. The minimum Gasteiger partial charge on any atom is -0.357 e. The topological polar surface area (TPSA) is 29.0 Å². The van der Waals surface area contributed by atoms with E-state index < -0.39 is 0 Å². The second kappa shape index (κ2) is 4.37. The Morgan fingerprint density at radius 3 is 2.50 bits per heavy atom. The van der Waals surface area contributed by atoms with Gasteiger partial charge in [-0.2, -0.15) is 0 Å². The second-order valence-electron chi connectivity index (χ2n) is 3.83. The van der Waals surface area contributed by atoms with E-state index in [9.17, 15) is 0 Å². The van der Waals surface area contributed by atoms with Crippen LogP contribution in [0.2, 0.25) is 0 Å². The highest BCUT2D eigenvalue weighted by Gasteiger charge is 2.14. The van der Waals surface area contributed by atoms with Crippen LogP contribution in [0, 0.1) is 13.8 Å². The van der Waals surface area contributed by atoms with Gasteiger partial charge in [-0.3, -0.25) is 0 Å². The van der Waals surface area contributed by atoms with E-state index >= 15 is 0 Å². The van der Waals surface area contributed by atoms with Crippen LogP contribution >= 0.6 is 11.3 Å². The Morgan fingerprint density at radius 1 is 1.19 bits per heavy atom. The van der Waals surface area contributed by atoms with Crippen LogP contribution in [-0.4, -0.2) is 23.1 Å². The summed E-state index contributed by atoms with van der Waals surface area (Å²) in [6.07, 6.45) is 1.67. The third-order valence-corrected chi connectivity index (χ3v) is 4.12. The lowest BCUT2D eigenvalue weighted by Gasteiger charge is -2.20. The molecule has 0 saturated carbocycles. The molecule has 0 amide bonds. The Kier molecular flexibility index (Phi) is 3.10. The summed E-state index contributed by atoms with van der Waals surface area (Å²) in [5.74, 6) is 1.08. The summed E-state index contributed by atoms with van der Waals surface area (Å²) >= 11 is 1.75. The Bertz CT molecular complexity index is 500. The first-order valence-electron chi connectivity index (χ1n) is 5.64. The molecule has 3 nitrogen and oxygen atoms in total. The van der Waals surface area contributed by atoms with Crippen LogP contribution < -0.4 is 4.90 Å². The van der Waals surface area contributed by atoms with E-state index in [0.29, 0.717) is 0 Å². The van der Waals surface area contributed by atoms with Crippen molar-refractivity contribution in [2.75, 3.05) is 18.0 Å². The van der Waals surface area contributed by atoms with Crippen molar-refractivity contribution in [1.82, 2.24) is 9.97 Å². The molecule has 4 heteroatoms. The Balaban J connectivity index is 2.69. The largest absolute Gasteiger partial charge is 0.357 e. The lowest BCUT2D eigenvalue weighted by Crippen LogP contribution is -2.23. The van der Waals surface area contributed by atoms with Gasteiger partial charge < -0.3 is 4.90 Å². The van der Waals surface area contributed by atoms with Crippen LogP contribution in [0.25, 0.3) is 10.2 Å². The number of aromatic nitrogens is 2. The first-order chi connectivity index (χ1) is 7.69. The van der Waals surface area contributed by atoms with Gasteiger partial charge in [0, 0.05) is 18.0 Å². The maximum atomic E-state index is 4.44. The molecule has 0 bridgehead atoms. The van der Waals surface area contributed by atoms with Crippen molar-refractivity contribution >= 4 is 27.4 Å². The standard InChI is InChI=1S/C12H17N3S/c1-5-15(6-2)11-10-8(3)9(4)16-12(10)14-7-13-11/h7H,5-6H2,1-4H3. The summed E-state index contributed by atoms with van der Waals surface area (Å²) in [5, 5.41) is 1.23. The second-order valence-corrected chi connectivity index (χ2v) is 5.04. The molecule has 2 aromatic heterocycles. The fraction of sp³-hybridized carbons (Fsp3) is 0.500. The number of nitrogens with zero attached hydrogens (tertiary/aromatic N) is 3. The molecule has 16 heavy (non-hydrogen) atoms. The minimum absolute atomic E-state index is 0.983. The van der Waals surface area contributed by atoms with Crippen LogP contribution in [0.15, 0.2) is 6.33 Å². The number of fused-ring (bicyclic) bond motifs is 1. The Labute approximate surface area is 100 Å². The lowest BCUT2D eigenvalue weighted by molar-refractivity contribution is 0.848. The fourth-order valence-corrected chi connectivity index (χ4v) is 2.92. The predicted octanol–water partition coefficient (Wildman–Crippen LogP) is 3.15. The molecule has 0 atom stereocenters. The number of hydrogen-bond acceptors (Lipinski definition) is 4. The van der Waals surface area contributed by atoms with Crippen LogP contribution in [0.1, 0.15) is 24.3 Å². The first kappa shape index (κ1) is 11.3. The van der Waals surface area contributed by atoms with Gasteiger partial charge >= 0.3 is 0 Å². The van der Waals surface area contributed by atoms with Crippen molar-refractivity contribution in [2.45, 2.75) is 27.7 Å². The van der Waals surface area contributed by atoms with E-state index in [4.69, 9.17) is 0 Å². The van der Waals surface area contributed by atoms with E-state index in [1.54, 1.807) is 17.7 Å². The minimum atomic E-state index is 0.983. The predicted molar refractivity (Wildman–Crippen MR) is 70.5 cm³/mol. The smallest absolute Gasteiger partial charge is 0.141 e. The highest BCUT2D eigenvalue weighted by Crippen LogP contribution is 2.33. The van der Waals surface area contributed by atoms with E-state index in [-0.39, 0.29) is 0 Å². The zero-order chi connectivity index (χ0) is 11.7. The van der Waals surface area contributed by atoms with Gasteiger partial charge in [-0.05, 0) is 33.3 Å². The van der Waals surface area contributed by atoms with Crippen LogP contribution in [-0.2, 0) is 0 Å².